The Morgan fingerprint density at radius 1 is 1.42 bits per heavy atom. The van der Waals surface area contributed by atoms with Gasteiger partial charge in [0.2, 0.25) is 0 Å². The summed E-state index contributed by atoms with van der Waals surface area (Å²) in [6.07, 6.45) is 7.30. The number of aryl methyl sites for hydroxylation is 2. The number of aromatic nitrogens is 2. The molecule has 0 amide bonds. The summed E-state index contributed by atoms with van der Waals surface area (Å²) in [5.74, 6) is 0.860. The van der Waals surface area contributed by atoms with Gasteiger partial charge in [-0.1, -0.05) is 19.3 Å². The Hall–Kier alpha value is -0.480. The Morgan fingerprint density at radius 3 is 2.84 bits per heavy atom. The summed E-state index contributed by atoms with van der Waals surface area (Å²) in [4.78, 5) is 0. The van der Waals surface area contributed by atoms with Gasteiger partial charge < -0.3 is 5.11 Å². The molecule has 1 aromatic heterocycles. The second-order valence-electron chi connectivity index (χ2n) is 5.54. The van der Waals surface area contributed by atoms with Gasteiger partial charge in [-0.2, -0.15) is 16.9 Å². The van der Waals surface area contributed by atoms with Gasteiger partial charge in [-0.15, -0.1) is 0 Å². The largest absolute Gasteiger partial charge is 0.392 e. The summed E-state index contributed by atoms with van der Waals surface area (Å²) in [7, 11) is 0. The zero-order valence-electron chi connectivity index (χ0n) is 12.1. The first-order chi connectivity index (χ1) is 9.19. The zero-order valence-corrected chi connectivity index (χ0v) is 13.0. The topological polar surface area (TPSA) is 38.0 Å². The number of hydrogen-bond donors (Lipinski definition) is 1. The second-order valence-corrected chi connectivity index (χ2v) is 6.88. The van der Waals surface area contributed by atoms with Crippen LogP contribution in [-0.2, 0) is 13.0 Å². The molecule has 0 spiro atoms. The summed E-state index contributed by atoms with van der Waals surface area (Å²) >= 11 is 1.97. The first kappa shape index (κ1) is 14.9. The Labute approximate surface area is 120 Å². The van der Waals surface area contributed by atoms with Crippen molar-refractivity contribution in [1.29, 1.82) is 0 Å². The minimum absolute atomic E-state index is 0.242. The van der Waals surface area contributed by atoms with Crippen molar-refractivity contribution in [2.24, 2.45) is 0 Å². The lowest BCUT2D eigenvalue weighted by Crippen LogP contribution is -2.19. The molecule has 0 bridgehead atoms. The SMILES string of the molecule is CCn1nc(C)cc1CC(O)CSC1CCCCC1. The first-order valence-electron chi connectivity index (χ1n) is 7.52. The molecule has 108 valence electrons. The van der Waals surface area contributed by atoms with Gasteiger partial charge in [0.05, 0.1) is 11.8 Å². The average molecular weight is 282 g/mol. The van der Waals surface area contributed by atoms with Crippen LogP contribution in [-0.4, -0.2) is 32.0 Å². The fraction of sp³-hybridized carbons (Fsp3) is 0.800. The number of aliphatic hydroxyl groups is 1. The van der Waals surface area contributed by atoms with Gasteiger partial charge in [-0.05, 0) is 32.8 Å². The van der Waals surface area contributed by atoms with E-state index >= 15 is 0 Å². The molecule has 1 aliphatic carbocycles. The maximum Gasteiger partial charge on any atom is 0.0685 e. The van der Waals surface area contributed by atoms with E-state index < -0.39 is 0 Å². The molecule has 3 nitrogen and oxygen atoms in total. The number of rotatable bonds is 6. The van der Waals surface area contributed by atoms with Crippen molar-refractivity contribution < 1.29 is 5.11 Å². The van der Waals surface area contributed by atoms with Gasteiger partial charge >= 0.3 is 0 Å². The second kappa shape index (κ2) is 7.34. The lowest BCUT2D eigenvalue weighted by atomic mass is 10.0. The normalized spacial score (nSPS) is 18.7. The van der Waals surface area contributed by atoms with Gasteiger partial charge in [0.25, 0.3) is 0 Å². The van der Waals surface area contributed by atoms with Crippen LogP contribution >= 0.6 is 11.8 Å². The van der Waals surface area contributed by atoms with Crippen molar-refractivity contribution in [3.8, 4) is 0 Å². The molecule has 19 heavy (non-hydrogen) atoms. The van der Waals surface area contributed by atoms with Crippen LogP contribution in [0.4, 0.5) is 0 Å². The fourth-order valence-electron chi connectivity index (χ4n) is 2.82. The minimum Gasteiger partial charge on any atom is -0.392 e. The molecule has 1 aliphatic rings. The van der Waals surface area contributed by atoms with Gasteiger partial charge in [-0.3, -0.25) is 4.68 Å². The predicted molar refractivity (Wildman–Crippen MR) is 81.7 cm³/mol. The molecule has 0 aromatic carbocycles. The van der Waals surface area contributed by atoms with E-state index in [1.807, 2.05) is 23.4 Å². The monoisotopic (exact) mass is 282 g/mol. The highest BCUT2D eigenvalue weighted by molar-refractivity contribution is 7.99. The van der Waals surface area contributed by atoms with E-state index in [9.17, 15) is 5.11 Å². The van der Waals surface area contributed by atoms with Crippen LogP contribution in [0.3, 0.4) is 0 Å². The summed E-state index contributed by atoms with van der Waals surface area (Å²) in [5, 5.41) is 15.4. The lowest BCUT2D eigenvalue weighted by molar-refractivity contribution is 0.196. The molecule has 1 fully saturated rings. The standard InChI is InChI=1S/C15H26N2OS/c1-3-17-13(9-12(2)16-17)10-14(18)11-19-15-7-5-4-6-8-15/h9,14-15,18H,3-8,10-11H2,1-2H3. The van der Waals surface area contributed by atoms with Gasteiger partial charge in [0.15, 0.2) is 0 Å². The molecule has 1 atom stereocenters. The van der Waals surface area contributed by atoms with Gasteiger partial charge in [0.1, 0.15) is 0 Å². The molecule has 2 rings (SSSR count). The quantitative estimate of drug-likeness (QED) is 0.871. The maximum absolute atomic E-state index is 10.2. The van der Waals surface area contributed by atoms with E-state index in [2.05, 4.69) is 18.1 Å². The third kappa shape index (κ3) is 4.53. The van der Waals surface area contributed by atoms with E-state index in [1.54, 1.807) is 0 Å². The van der Waals surface area contributed by atoms with Gasteiger partial charge in [0, 0.05) is 29.7 Å². The summed E-state index contributed by atoms with van der Waals surface area (Å²) in [5.41, 5.74) is 2.21. The van der Waals surface area contributed by atoms with Crippen LogP contribution in [0.25, 0.3) is 0 Å². The highest BCUT2D eigenvalue weighted by Gasteiger charge is 2.17. The lowest BCUT2D eigenvalue weighted by Gasteiger charge is -2.22. The van der Waals surface area contributed by atoms with Gasteiger partial charge in [-0.25, -0.2) is 0 Å². The van der Waals surface area contributed by atoms with Crippen LogP contribution < -0.4 is 0 Å². The molecule has 0 radical (unpaired) electrons. The van der Waals surface area contributed by atoms with E-state index in [4.69, 9.17) is 0 Å². The van der Waals surface area contributed by atoms with Crippen LogP contribution in [0.5, 0.6) is 0 Å². The number of hydrogen-bond acceptors (Lipinski definition) is 3. The average Bonchev–Trinajstić information content (AvgIpc) is 2.77. The van der Waals surface area contributed by atoms with E-state index in [-0.39, 0.29) is 6.10 Å². The first-order valence-corrected chi connectivity index (χ1v) is 8.57. The molecular formula is C15H26N2OS. The summed E-state index contributed by atoms with van der Waals surface area (Å²) in [6.45, 7) is 4.99. The van der Waals surface area contributed by atoms with Crippen molar-refractivity contribution in [1.82, 2.24) is 9.78 Å². The van der Waals surface area contributed by atoms with Crippen molar-refractivity contribution >= 4 is 11.8 Å². The molecule has 0 aliphatic heterocycles. The van der Waals surface area contributed by atoms with Crippen LogP contribution in [0.15, 0.2) is 6.07 Å². The zero-order chi connectivity index (χ0) is 13.7. The molecule has 4 heteroatoms. The molecule has 0 saturated heterocycles. The molecular weight excluding hydrogens is 256 g/mol. The number of aliphatic hydroxyl groups excluding tert-OH is 1. The minimum atomic E-state index is -0.242. The molecule has 1 saturated carbocycles. The summed E-state index contributed by atoms with van der Waals surface area (Å²) < 4.78 is 2.00. The van der Waals surface area contributed by atoms with Crippen LogP contribution in [0.2, 0.25) is 0 Å². The third-order valence-electron chi connectivity index (χ3n) is 3.81. The molecule has 1 unspecified atom stereocenters. The molecule has 1 heterocycles. The highest BCUT2D eigenvalue weighted by atomic mass is 32.2. The van der Waals surface area contributed by atoms with E-state index in [1.165, 1.54) is 32.1 Å². The Balaban J connectivity index is 1.78. The molecule has 1 aromatic rings. The Bertz CT molecular complexity index is 385. The third-order valence-corrected chi connectivity index (χ3v) is 5.33. The Kier molecular flexibility index (Phi) is 5.76. The van der Waals surface area contributed by atoms with Crippen molar-refractivity contribution in [3.05, 3.63) is 17.5 Å². The number of thioether (sulfide) groups is 1. The fourth-order valence-corrected chi connectivity index (χ4v) is 4.10. The van der Waals surface area contributed by atoms with E-state index in [0.29, 0.717) is 0 Å². The predicted octanol–water partition coefficient (Wildman–Crippen LogP) is 3.18. The smallest absolute Gasteiger partial charge is 0.0685 e. The Morgan fingerprint density at radius 2 is 2.16 bits per heavy atom. The van der Waals surface area contributed by atoms with Crippen LogP contribution in [0.1, 0.15) is 50.4 Å². The maximum atomic E-state index is 10.2. The number of nitrogens with zero attached hydrogens (tertiary/aromatic N) is 2. The summed E-state index contributed by atoms with van der Waals surface area (Å²) in [6, 6.07) is 2.10. The van der Waals surface area contributed by atoms with Crippen molar-refractivity contribution in [3.63, 3.8) is 0 Å². The van der Waals surface area contributed by atoms with E-state index in [0.717, 1.165) is 35.4 Å². The highest BCUT2D eigenvalue weighted by Crippen LogP contribution is 2.28. The molecule has 1 N–H and O–H groups in total. The van der Waals surface area contributed by atoms with Crippen LogP contribution in [0, 0.1) is 6.92 Å². The van der Waals surface area contributed by atoms with Crippen molar-refractivity contribution in [2.45, 2.75) is 70.3 Å². The van der Waals surface area contributed by atoms with Crippen molar-refractivity contribution in [2.75, 3.05) is 5.75 Å².